The lowest BCUT2D eigenvalue weighted by Crippen LogP contribution is -2.42. The molecule has 0 amide bonds. The molecule has 1 N–H and O–H groups in total. The van der Waals surface area contributed by atoms with Gasteiger partial charge in [-0.1, -0.05) is 18.2 Å². The first-order valence-corrected chi connectivity index (χ1v) is 8.02. The third kappa shape index (κ3) is 1.71. The molecule has 4 nitrogen and oxygen atoms in total. The van der Waals surface area contributed by atoms with Crippen LogP contribution in [0.4, 0.5) is 0 Å². The smallest absolute Gasteiger partial charge is 0.166 e. The Morgan fingerprint density at radius 3 is 3.00 bits per heavy atom. The SMILES string of the molecule is COc1ccc2c3c1O[C@H]1C[C@@H](O)C=C[C@]31CCN(C)C2C. The molecule has 0 bridgehead atoms. The molecule has 118 valence electrons. The minimum atomic E-state index is -0.419. The lowest BCUT2D eigenvalue weighted by atomic mass is 9.69. The van der Waals surface area contributed by atoms with Crippen molar-refractivity contribution in [3.05, 3.63) is 35.4 Å². The van der Waals surface area contributed by atoms with Gasteiger partial charge in [-0.25, -0.2) is 0 Å². The molecule has 2 heterocycles. The number of ether oxygens (including phenoxy) is 2. The van der Waals surface area contributed by atoms with Gasteiger partial charge in [0.05, 0.1) is 18.6 Å². The molecule has 3 aliphatic rings. The van der Waals surface area contributed by atoms with E-state index >= 15 is 0 Å². The largest absolute Gasteiger partial charge is 0.493 e. The van der Waals surface area contributed by atoms with Crippen molar-refractivity contribution in [2.75, 3.05) is 20.7 Å². The predicted molar refractivity (Wildman–Crippen MR) is 84.5 cm³/mol. The summed E-state index contributed by atoms with van der Waals surface area (Å²) in [7, 11) is 3.86. The quantitative estimate of drug-likeness (QED) is 0.809. The average molecular weight is 301 g/mol. The first kappa shape index (κ1) is 14.1. The number of rotatable bonds is 1. The molecule has 4 heteroatoms. The summed E-state index contributed by atoms with van der Waals surface area (Å²) in [6, 6.07) is 4.53. The number of aliphatic hydroxyl groups is 1. The summed E-state index contributed by atoms with van der Waals surface area (Å²) in [6.07, 6.45) is 5.36. The highest BCUT2D eigenvalue weighted by Crippen LogP contribution is 2.57. The standard InChI is InChI=1S/C18H23NO3/c1-11-13-4-5-14(21-3)17-16(13)18(8-9-19(11)2)7-6-12(20)10-15(18)22-17/h4-7,11-12,15,20H,8-10H2,1-3H3/t11?,12-,15-,18+/m0/s1. The second-order valence-corrected chi connectivity index (χ2v) is 6.78. The van der Waals surface area contributed by atoms with Crippen LogP contribution in [0.25, 0.3) is 0 Å². The fraction of sp³-hybridized carbons (Fsp3) is 0.556. The fourth-order valence-electron chi connectivity index (χ4n) is 4.28. The van der Waals surface area contributed by atoms with Crippen LogP contribution in [0.1, 0.15) is 36.9 Å². The van der Waals surface area contributed by atoms with Crippen molar-refractivity contribution >= 4 is 0 Å². The number of aliphatic hydroxyl groups excluding tert-OH is 1. The Morgan fingerprint density at radius 1 is 1.41 bits per heavy atom. The zero-order valence-electron chi connectivity index (χ0n) is 13.4. The van der Waals surface area contributed by atoms with Gasteiger partial charge >= 0.3 is 0 Å². The molecule has 4 rings (SSSR count). The third-order valence-electron chi connectivity index (χ3n) is 5.73. The van der Waals surface area contributed by atoms with Crippen molar-refractivity contribution in [1.29, 1.82) is 0 Å². The molecule has 2 aliphatic heterocycles. The van der Waals surface area contributed by atoms with E-state index in [1.54, 1.807) is 7.11 Å². The van der Waals surface area contributed by atoms with Crippen LogP contribution in [0.5, 0.6) is 11.5 Å². The summed E-state index contributed by atoms with van der Waals surface area (Å²) in [5.41, 5.74) is 2.47. The van der Waals surface area contributed by atoms with Gasteiger partial charge in [0, 0.05) is 18.0 Å². The molecule has 0 fully saturated rings. The van der Waals surface area contributed by atoms with E-state index in [0.29, 0.717) is 12.5 Å². The Kier molecular flexibility index (Phi) is 3.03. The molecular formula is C18H23NO3. The first-order valence-electron chi connectivity index (χ1n) is 8.02. The monoisotopic (exact) mass is 301 g/mol. The summed E-state index contributed by atoms with van der Waals surface area (Å²) < 4.78 is 11.8. The molecule has 0 saturated heterocycles. The molecule has 1 aromatic rings. The molecule has 22 heavy (non-hydrogen) atoms. The van der Waals surface area contributed by atoms with Gasteiger partial charge in [-0.15, -0.1) is 0 Å². The van der Waals surface area contributed by atoms with E-state index in [2.05, 4.69) is 31.0 Å². The van der Waals surface area contributed by atoms with E-state index in [4.69, 9.17) is 9.47 Å². The van der Waals surface area contributed by atoms with Crippen molar-refractivity contribution in [2.45, 2.75) is 43.4 Å². The minimum absolute atomic E-state index is 0.00347. The molecule has 1 unspecified atom stereocenters. The summed E-state index contributed by atoms with van der Waals surface area (Å²) >= 11 is 0. The van der Waals surface area contributed by atoms with Gasteiger partial charge < -0.3 is 14.6 Å². The van der Waals surface area contributed by atoms with Crippen molar-refractivity contribution in [2.24, 2.45) is 0 Å². The average Bonchev–Trinajstić information content (AvgIpc) is 2.80. The van der Waals surface area contributed by atoms with Gasteiger partial charge in [-0.05, 0) is 38.6 Å². The zero-order valence-corrected chi connectivity index (χ0v) is 13.4. The Hall–Kier alpha value is -1.52. The van der Waals surface area contributed by atoms with E-state index in [0.717, 1.165) is 24.5 Å². The maximum Gasteiger partial charge on any atom is 0.166 e. The number of hydrogen-bond donors (Lipinski definition) is 1. The molecule has 1 spiro atoms. The third-order valence-corrected chi connectivity index (χ3v) is 5.73. The van der Waals surface area contributed by atoms with E-state index in [1.807, 2.05) is 12.1 Å². The maximum atomic E-state index is 10.0. The van der Waals surface area contributed by atoms with Crippen LogP contribution in [-0.2, 0) is 5.41 Å². The highest BCUT2D eigenvalue weighted by molar-refractivity contribution is 5.61. The highest BCUT2D eigenvalue weighted by atomic mass is 16.5. The predicted octanol–water partition coefficient (Wildman–Crippen LogP) is 2.41. The summed E-state index contributed by atoms with van der Waals surface area (Å²) in [6.45, 7) is 3.26. The van der Waals surface area contributed by atoms with Gasteiger partial charge in [0.1, 0.15) is 6.10 Å². The fourth-order valence-corrected chi connectivity index (χ4v) is 4.28. The lowest BCUT2D eigenvalue weighted by Gasteiger charge is -2.35. The maximum absolute atomic E-state index is 10.0. The molecule has 1 aromatic carbocycles. The summed E-state index contributed by atoms with van der Waals surface area (Å²) in [5.74, 6) is 1.68. The number of hydrogen-bond acceptors (Lipinski definition) is 4. The number of benzene rings is 1. The van der Waals surface area contributed by atoms with Crippen LogP contribution in [-0.4, -0.2) is 42.9 Å². The normalized spacial score (nSPS) is 36.3. The summed E-state index contributed by atoms with van der Waals surface area (Å²) in [4.78, 5) is 2.39. The highest BCUT2D eigenvalue weighted by Gasteiger charge is 2.53. The molecule has 1 aliphatic carbocycles. The topological polar surface area (TPSA) is 41.9 Å². The van der Waals surface area contributed by atoms with Crippen LogP contribution < -0.4 is 9.47 Å². The van der Waals surface area contributed by atoms with Crippen molar-refractivity contribution < 1.29 is 14.6 Å². The molecule has 0 aromatic heterocycles. The molecule has 4 atom stereocenters. The number of methoxy groups -OCH3 is 1. The van der Waals surface area contributed by atoms with Crippen molar-refractivity contribution in [3.8, 4) is 11.5 Å². The van der Waals surface area contributed by atoms with Gasteiger partial charge in [0.2, 0.25) is 0 Å². The van der Waals surface area contributed by atoms with Crippen molar-refractivity contribution in [1.82, 2.24) is 4.90 Å². The second-order valence-electron chi connectivity index (χ2n) is 6.78. The Morgan fingerprint density at radius 2 is 2.23 bits per heavy atom. The lowest BCUT2D eigenvalue weighted by molar-refractivity contribution is 0.0813. The molecule has 0 saturated carbocycles. The van der Waals surface area contributed by atoms with E-state index in [-0.39, 0.29) is 11.5 Å². The van der Waals surface area contributed by atoms with Gasteiger partial charge in [-0.2, -0.15) is 0 Å². The number of nitrogens with zero attached hydrogens (tertiary/aromatic N) is 1. The van der Waals surface area contributed by atoms with Gasteiger partial charge in [-0.3, -0.25) is 4.90 Å². The Balaban J connectivity index is 1.98. The zero-order chi connectivity index (χ0) is 15.5. The second kappa shape index (κ2) is 4.74. The van der Waals surface area contributed by atoms with Crippen LogP contribution >= 0.6 is 0 Å². The first-order chi connectivity index (χ1) is 10.6. The Labute approximate surface area is 131 Å². The van der Waals surface area contributed by atoms with E-state index in [9.17, 15) is 5.11 Å². The van der Waals surface area contributed by atoms with Crippen LogP contribution in [0, 0.1) is 0 Å². The molecular weight excluding hydrogens is 278 g/mol. The minimum Gasteiger partial charge on any atom is -0.493 e. The molecule has 0 radical (unpaired) electrons. The summed E-state index contributed by atoms with van der Waals surface area (Å²) in [5, 5.41) is 10.0. The van der Waals surface area contributed by atoms with Crippen LogP contribution in [0.3, 0.4) is 0 Å². The van der Waals surface area contributed by atoms with E-state index in [1.165, 1.54) is 11.1 Å². The van der Waals surface area contributed by atoms with Gasteiger partial charge in [0.25, 0.3) is 0 Å². The Bertz CT molecular complexity index is 641. The van der Waals surface area contributed by atoms with Crippen LogP contribution in [0.15, 0.2) is 24.3 Å². The van der Waals surface area contributed by atoms with Crippen LogP contribution in [0.2, 0.25) is 0 Å². The van der Waals surface area contributed by atoms with Gasteiger partial charge in [0.15, 0.2) is 11.5 Å². The van der Waals surface area contributed by atoms with E-state index < -0.39 is 6.10 Å². The van der Waals surface area contributed by atoms with Crippen molar-refractivity contribution in [3.63, 3.8) is 0 Å².